The van der Waals surface area contributed by atoms with Crippen molar-refractivity contribution in [3.8, 4) is 6.01 Å². The normalized spacial score (nSPS) is 10.8. The summed E-state index contributed by atoms with van der Waals surface area (Å²) in [5, 5.41) is 3.97. The average molecular weight is 303 g/mol. The minimum absolute atomic E-state index is 0.250. The van der Waals surface area contributed by atoms with Gasteiger partial charge >= 0.3 is 6.01 Å². The maximum atomic E-state index is 5.64. The van der Waals surface area contributed by atoms with Gasteiger partial charge in [-0.2, -0.15) is 15.0 Å². The lowest BCUT2D eigenvalue weighted by atomic mass is 10.3. The number of nitrogens with zero attached hydrogens (tertiary/aromatic N) is 4. The maximum Gasteiger partial charge on any atom is 0.321 e. The summed E-state index contributed by atoms with van der Waals surface area (Å²) in [6, 6.07) is 7.82. The average Bonchev–Trinajstić information content (AvgIpc) is 2.89. The second-order valence-corrected chi connectivity index (χ2v) is 4.93. The number of rotatable bonds is 5. The van der Waals surface area contributed by atoms with Crippen LogP contribution in [-0.2, 0) is 0 Å². The molecule has 0 atom stereocenters. The molecule has 0 saturated heterocycles. The molecule has 0 aliphatic rings. The van der Waals surface area contributed by atoms with Crippen molar-refractivity contribution < 1.29 is 9.15 Å². The van der Waals surface area contributed by atoms with Gasteiger partial charge in [-0.25, -0.2) is 4.98 Å². The van der Waals surface area contributed by atoms with Crippen molar-refractivity contribution in [3.05, 3.63) is 24.3 Å². The molecule has 0 fully saturated rings. The van der Waals surface area contributed by atoms with Gasteiger partial charge in [-0.1, -0.05) is 12.1 Å². The first-order valence-corrected chi connectivity index (χ1v) is 7.17. The number of hydrogen-bond acceptors (Lipinski definition) is 8. The molecule has 0 saturated carbocycles. The van der Waals surface area contributed by atoms with Crippen molar-refractivity contribution >= 4 is 28.8 Å². The van der Waals surface area contributed by atoms with Crippen LogP contribution in [0.15, 0.2) is 39.1 Å². The maximum absolute atomic E-state index is 5.64. The third-order valence-corrected chi connectivity index (χ3v) is 3.28. The van der Waals surface area contributed by atoms with Gasteiger partial charge in [0.1, 0.15) is 5.52 Å². The van der Waals surface area contributed by atoms with Gasteiger partial charge in [0, 0.05) is 18.3 Å². The first-order chi connectivity index (χ1) is 10.3. The number of aromatic nitrogens is 4. The van der Waals surface area contributed by atoms with Crippen molar-refractivity contribution in [2.75, 3.05) is 19.0 Å². The molecule has 0 radical (unpaired) electrons. The molecule has 1 N–H and O–H groups in total. The smallest absolute Gasteiger partial charge is 0.321 e. The Balaban J connectivity index is 1.90. The minimum atomic E-state index is 0.250. The van der Waals surface area contributed by atoms with E-state index in [2.05, 4.69) is 25.3 Å². The Kier molecular flexibility index (Phi) is 3.87. The van der Waals surface area contributed by atoms with E-state index in [1.165, 1.54) is 18.9 Å². The molecule has 3 rings (SSSR count). The summed E-state index contributed by atoms with van der Waals surface area (Å²) < 4.78 is 10.7. The van der Waals surface area contributed by atoms with Gasteiger partial charge in [0.2, 0.25) is 11.1 Å². The number of oxazole rings is 1. The zero-order chi connectivity index (χ0) is 14.7. The van der Waals surface area contributed by atoms with Crippen LogP contribution in [0.4, 0.5) is 5.95 Å². The topological polar surface area (TPSA) is 86.0 Å². The van der Waals surface area contributed by atoms with E-state index in [0.29, 0.717) is 22.9 Å². The molecule has 8 heteroatoms. The van der Waals surface area contributed by atoms with E-state index < -0.39 is 0 Å². The van der Waals surface area contributed by atoms with E-state index in [9.17, 15) is 0 Å². The summed E-state index contributed by atoms with van der Waals surface area (Å²) in [5.74, 6) is 0.461. The molecule has 0 spiro atoms. The van der Waals surface area contributed by atoms with Gasteiger partial charge in [-0.05, 0) is 19.1 Å². The summed E-state index contributed by atoms with van der Waals surface area (Å²) in [7, 11) is 1.51. The van der Waals surface area contributed by atoms with Gasteiger partial charge in [-0.3, -0.25) is 0 Å². The van der Waals surface area contributed by atoms with Crippen molar-refractivity contribution in [1.82, 2.24) is 19.9 Å². The quantitative estimate of drug-likeness (QED) is 0.769. The Hall–Kier alpha value is -2.35. The highest BCUT2D eigenvalue weighted by molar-refractivity contribution is 7.98. The summed E-state index contributed by atoms with van der Waals surface area (Å²) in [6.07, 6.45) is 0. The number of fused-ring (bicyclic) bond motifs is 1. The van der Waals surface area contributed by atoms with E-state index in [1.807, 2.05) is 31.2 Å². The van der Waals surface area contributed by atoms with Crippen molar-refractivity contribution in [2.45, 2.75) is 17.3 Å². The molecular formula is C13H13N5O2S. The van der Waals surface area contributed by atoms with Crippen molar-refractivity contribution in [3.63, 3.8) is 0 Å². The van der Waals surface area contributed by atoms with Crippen LogP contribution in [0.5, 0.6) is 6.01 Å². The molecule has 0 unspecified atom stereocenters. The third-order valence-electron chi connectivity index (χ3n) is 2.56. The molecule has 0 bridgehead atoms. The van der Waals surface area contributed by atoms with Crippen LogP contribution in [0, 0.1) is 0 Å². The van der Waals surface area contributed by atoms with Gasteiger partial charge in [0.25, 0.3) is 5.22 Å². The molecule has 2 aromatic heterocycles. The van der Waals surface area contributed by atoms with Crippen LogP contribution >= 0.6 is 11.8 Å². The lowest BCUT2D eigenvalue weighted by Crippen LogP contribution is -2.05. The van der Waals surface area contributed by atoms with Crippen molar-refractivity contribution in [1.29, 1.82) is 0 Å². The number of para-hydroxylation sites is 2. The van der Waals surface area contributed by atoms with Gasteiger partial charge in [-0.15, -0.1) is 0 Å². The van der Waals surface area contributed by atoms with E-state index in [-0.39, 0.29) is 6.01 Å². The van der Waals surface area contributed by atoms with Gasteiger partial charge in [0.05, 0.1) is 7.11 Å². The fourth-order valence-corrected chi connectivity index (χ4v) is 2.37. The van der Waals surface area contributed by atoms with Gasteiger partial charge in [0.15, 0.2) is 5.58 Å². The minimum Gasteiger partial charge on any atom is -0.467 e. The van der Waals surface area contributed by atoms with E-state index >= 15 is 0 Å². The van der Waals surface area contributed by atoms with E-state index in [4.69, 9.17) is 9.15 Å². The van der Waals surface area contributed by atoms with Gasteiger partial charge < -0.3 is 14.5 Å². The predicted octanol–water partition coefficient (Wildman–Crippen LogP) is 2.60. The Bertz CT molecular complexity index is 728. The molecular weight excluding hydrogens is 290 g/mol. The van der Waals surface area contributed by atoms with E-state index in [0.717, 1.165) is 11.1 Å². The second-order valence-electron chi connectivity index (χ2n) is 4.01. The molecule has 7 nitrogen and oxygen atoms in total. The first kappa shape index (κ1) is 13.6. The molecule has 0 aliphatic heterocycles. The third kappa shape index (κ3) is 3.05. The fourth-order valence-electron chi connectivity index (χ4n) is 1.68. The standard InChI is InChI=1S/C13H13N5O2S/c1-3-14-10-16-11(19-2)18-12(17-10)21-13-15-8-6-4-5-7-9(8)20-13/h4-7H,3H2,1-2H3,(H,14,16,17,18). The largest absolute Gasteiger partial charge is 0.467 e. The zero-order valence-corrected chi connectivity index (χ0v) is 12.3. The van der Waals surface area contributed by atoms with Crippen LogP contribution in [0.3, 0.4) is 0 Å². The molecule has 108 valence electrons. The number of hydrogen-bond donors (Lipinski definition) is 1. The van der Waals surface area contributed by atoms with Crippen LogP contribution in [0.2, 0.25) is 0 Å². The highest BCUT2D eigenvalue weighted by atomic mass is 32.2. The highest BCUT2D eigenvalue weighted by Gasteiger charge is 2.12. The number of ether oxygens (including phenoxy) is 1. The van der Waals surface area contributed by atoms with Crippen LogP contribution in [-0.4, -0.2) is 33.6 Å². The van der Waals surface area contributed by atoms with Crippen LogP contribution in [0.25, 0.3) is 11.1 Å². The van der Waals surface area contributed by atoms with Crippen molar-refractivity contribution in [2.24, 2.45) is 0 Å². The molecule has 0 aliphatic carbocycles. The summed E-state index contributed by atoms with van der Waals surface area (Å²) >= 11 is 1.22. The molecule has 21 heavy (non-hydrogen) atoms. The molecule has 0 amide bonds. The lowest BCUT2D eigenvalue weighted by Gasteiger charge is -2.04. The zero-order valence-electron chi connectivity index (χ0n) is 11.5. The SMILES string of the molecule is CCNc1nc(OC)nc(Sc2nc3ccccc3o2)n1. The number of anilines is 1. The van der Waals surface area contributed by atoms with Crippen LogP contribution < -0.4 is 10.1 Å². The summed E-state index contributed by atoms with van der Waals surface area (Å²) in [5.41, 5.74) is 1.53. The molecule has 2 heterocycles. The fraction of sp³-hybridized carbons (Fsp3) is 0.231. The monoisotopic (exact) mass is 303 g/mol. The predicted molar refractivity (Wildman–Crippen MR) is 78.7 cm³/mol. The lowest BCUT2D eigenvalue weighted by molar-refractivity contribution is 0.373. The first-order valence-electron chi connectivity index (χ1n) is 6.36. The number of methoxy groups -OCH3 is 1. The summed E-state index contributed by atoms with van der Waals surface area (Å²) in [6.45, 7) is 2.67. The van der Waals surface area contributed by atoms with E-state index in [1.54, 1.807) is 0 Å². The van der Waals surface area contributed by atoms with Crippen LogP contribution in [0.1, 0.15) is 6.92 Å². The Morgan fingerprint density at radius 3 is 2.81 bits per heavy atom. The molecule has 3 aromatic rings. The second kappa shape index (κ2) is 5.96. The Labute approximate surface area is 125 Å². The Morgan fingerprint density at radius 2 is 2.05 bits per heavy atom. The Morgan fingerprint density at radius 1 is 1.19 bits per heavy atom. The number of benzene rings is 1. The summed E-state index contributed by atoms with van der Waals surface area (Å²) in [4.78, 5) is 16.9. The highest BCUT2D eigenvalue weighted by Crippen LogP contribution is 2.28. The molecule has 1 aromatic carbocycles. The number of nitrogens with one attached hydrogen (secondary N) is 1.